The van der Waals surface area contributed by atoms with Crippen LogP contribution in [0.15, 0.2) is 23.8 Å². The Morgan fingerprint density at radius 1 is 1.24 bits per heavy atom. The van der Waals surface area contributed by atoms with Crippen LogP contribution in [0.25, 0.3) is 0 Å². The fourth-order valence-corrected chi connectivity index (χ4v) is 9.99. The lowest BCUT2D eigenvalue weighted by Gasteiger charge is -2.51. The maximum absolute atomic E-state index is 12.8. The van der Waals surface area contributed by atoms with Crippen LogP contribution < -0.4 is 0 Å². The Morgan fingerprint density at radius 3 is 2.66 bits per heavy atom. The number of carbonyl (C=O) groups excluding carboxylic acids is 3. The van der Waals surface area contributed by atoms with Gasteiger partial charge in [0.1, 0.15) is 35.1 Å². The molecule has 0 aromatic heterocycles. The van der Waals surface area contributed by atoms with Crippen molar-refractivity contribution in [1.82, 2.24) is 0 Å². The molecule has 3 aliphatic heterocycles. The van der Waals surface area contributed by atoms with Crippen LogP contribution in [0, 0.1) is 35.0 Å². The second kappa shape index (κ2) is 9.38. The van der Waals surface area contributed by atoms with Crippen LogP contribution in [0.2, 0.25) is 0 Å². The fraction of sp³-hybridized carbons (Fsp3) is 0.781. The fourth-order valence-electron chi connectivity index (χ4n) is 9.99. The predicted molar refractivity (Wildman–Crippen MR) is 146 cm³/mol. The first-order chi connectivity index (χ1) is 19.1. The quantitative estimate of drug-likeness (QED) is 0.228. The third kappa shape index (κ3) is 4.24. The number of carbonyl (C=O) groups is 3. The van der Waals surface area contributed by atoms with Crippen molar-refractivity contribution in [1.29, 1.82) is 0 Å². The number of allylic oxidation sites excluding steroid dienone is 1. The van der Waals surface area contributed by atoms with Crippen LogP contribution in [0.1, 0.15) is 86.5 Å². The van der Waals surface area contributed by atoms with Gasteiger partial charge in [-0.15, -0.1) is 0 Å². The van der Waals surface area contributed by atoms with Gasteiger partial charge in [-0.1, -0.05) is 32.1 Å². The smallest absolute Gasteiger partial charge is 0.333 e. The van der Waals surface area contributed by atoms with Crippen LogP contribution in [0.4, 0.5) is 0 Å². The number of ether oxygens (including phenoxy) is 3. The molecule has 0 radical (unpaired) electrons. The maximum Gasteiger partial charge on any atom is 0.333 e. The zero-order chi connectivity index (χ0) is 29.7. The van der Waals surface area contributed by atoms with Crippen LogP contribution in [0.3, 0.4) is 0 Å². The Bertz CT molecular complexity index is 1210. The number of hydrogen-bond acceptors (Lipinski definition) is 9. The molecule has 6 rings (SSSR count). The lowest BCUT2D eigenvalue weighted by atomic mass is 9.57. The Labute approximate surface area is 241 Å². The molecule has 3 aliphatic carbocycles. The molecule has 0 aromatic carbocycles. The van der Waals surface area contributed by atoms with Crippen molar-refractivity contribution < 1.29 is 43.5 Å². The molecule has 9 nitrogen and oxygen atoms in total. The second-order valence-corrected chi connectivity index (χ2v) is 14.5. The molecular formula is C32H44O9. The van der Waals surface area contributed by atoms with E-state index < -0.39 is 46.9 Å². The van der Waals surface area contributed by atoms with Gasteiger partial charge in [-0.2, -0.15) is 0 Å². The predicted octanol–water partition coefficient (Wildman–Crippen LogP) is 4.36. The summed E-state index contributed by atoms with van der Waals surface area (Å²) in [6.07, 6.45) is 3.76. The normalized spacial score (nSPS) is 47.4. The van der Waals surface area contributed by atoms with Crippen molar-refractivity contribution in [2.24, 2.45) is 35.0 Å². The van der Waals surface area contributed by atoms with E-state index in [1.165, 1.54) is 6.92 Å². The molecular weight excluding hydrogens is 528 g/mol. The molecule has 0 amide bonds. The van der Waals surface area contributed by atoms with Gasteiger partial charge in [-0.25, -0.2) is 14.6 Å². The van der Waals surface area contributed by atoms with Crippen LogP contribution in [-0.2, 0) is 38.4 Å². The highest BCUT2D eigenvalue weighted by Gasteiger charge is 2.74. The summed E-state index contributed by atoms with van der Waals surface area (Å²) in [5.74, 6) is -1.63. The molecule has 5 fully saturated rings. The van der Waals surface area contributed by atoms with Crippen LogP contribution in [-0.4, -0.2) is 58.1 Å². The number of hydrogen-bond donors (Lipinski definition) is 1. The summed E-state index contributed by atoms with van der Waals surface area (Å²) in [6.45, 7) is 15.8. The zero-order valence-electron chi connectivity index (χ0n) is 25.1. The molecule has 41 heavy (non-hydrogen) atoms. The number of rotatable bonds is 3. The van der Waals surface area contributed by atoms with E-state index in [9.17, 15) is 19.5 Å². The van der Waals surface area contributed by atoms with E-state index in [1.54, 1.807) is 20.8 Å². The molecule has 2 bridgehead atoms. The molecule has 11 atom stereocenters. The lowest BCUT2D eigenvalue weighted by molar-refractivity contribution is -0.452. The molecule has 3 heterocycles. The molecule has 6 aliphatic rings. The highest BCUT2D eigenvalue weighted by atomic mass is 17.2. The summed E-state index contributed by atoms with van der Waals surface area (Å²) < 4.78 is 17.7. The number of cyclic esters (lactones) is 2. The molecule has 1 spiro atoms. The summed E-state index contributed by atoms with van der Waals surface area (Å²) in [6, 6.07) is 0. The minimum atomic E-state index is -1.51. The Kier molecular flexibility index (Phi) is 6.61. The van der Waals surface area contributed by atoms with Crippen molar-refractivity contribution in [3.8, 4) is 0 Å². The minimum Gasteiger partial charge on any atom is -0.462 e. The zero-order valence-corrected chi connectivity index (χ0v) is 25.1. The van der Waals surface area contributed by atoms with Crippen molar-refractivity contribution in [3.05, 3.63) is 23.8 Å². The molecule has 2 saturated heterocycles. The van der Waals surface area contributed by atoms with Gasteiger partial charge in [0.05, 0.1) is 12.3 Å². The number of aliphatic hydroxyl groups is 1. The minimum absolute atomic E-state index is 0.0696. The van der Waals surface area contributed by atoms with Crippen LogP contribution >= 0.6 is 0 Å². The van der Waals surface area contributed by atoms with Gasteiger partial charge in [0.25, 0.3) is 0 Å². The van der Waals surface area contributed by atoms with E-state index in [0.29, 0.717) is 24.8 Å². The van der Waals surface area contributed by atoms with E-state index in [2.05, 4.69) is 20.4 Å². The Morgan fingerprint density at radius 2 is 1.98 bits per heavy atom. The highest BCUT2D eigenvalue weighted by Crippen LogP contribution is 2.70. The maximum atomic E-state index is 12.8. The van der Waals surface area contributed by atoms with E-state index in [4.69, 9.17) is 24.0 Å². The molecule has 3 saturated carbocycles. The van der Waals surface area contributed by atoms with Gasteiger partial charge in [-0.3, -0.25) is 9.59 Å². The van der Waals surface area contributed by atoms with E-state index >= 15 is 0 Å². The topological polar surface area (TPSA) is 118 Å². The number of esters is 3. The largest absolute Gasteiger partial charge is 0.462 e. The first-order valence-corrected chi connectivity index (χ1v) is 15.1. The number of fused-ring (bicyclic) bond motifs is 2. The highest BCUT2D eigenvalue weighted by molar-refractivity contribution is 5.88. The summed E-state index contributed by atoms with van der Waals surface area (Å²) in [5.41, 5.74) is -1.93. The van der Waals surface area contributed by atoms with E-state index in [1.807, 2.05) is 6.08 Å². The van der Waals surface area contributed by atoms with Gasteiger partial charge in [0.2, 0.25) is 0 Å². The third-order valence-corrected chi connectivity index (χ3v) is 11.8. The summed E-state index contributed by atoms with van der Waals surface area (Å²) in [4.78, 5) is 49.8. The lowest BCUT2D eigenvalue weighted by Crippen LogP contribution is -2.64. The van der Waals surface area contributed by atoms with Crippen molar-refractivity contribution >= 4 is 17.9 Å². The third-order valence-electron chi connectivity index (χ3n) is 11.8. The Hall–Kier alpha value is -2.23. The monoisotopic (exact) mass is 572 g/mol. The average Bonchev–Trinajstić information content (AvgIpc) is 2.98. The summed E-state index contributed by atoms with van der Waals surface area (Å²) in [5, 5.41) is 12.6. The van der Waals surface area contributed by atoms with E-state index in [0.717, 1.165) is 18.4 Å². The second-order valence-electron chi connectivity index (χ2n) is 14.5. The molecule has 0 unspecified atom stereocenters. The first kappa shape index (κ1) is 28.9. The van der Waals surface area contributed by atoms with Gasteiger partial charge in [0, 0.05) is 31.3 Å². The van der Waals surface area contributed by atoms with Crippen molar-refractivity contribution in [2.45, 2.75) is 122 Å². The average molecular weight is 573 g/mol. The Balaban J connectivity index is 1.36. The van der Waals surface area contributed by atoms with Crippen molar-refractivity contribution in [2.75, 3.05) is 0 Å². The molecule has 226 valence electrons. The van der Waals surface area contributed by atoms with E-state index in [-0.39, 0.29) is 54.0 Å². The molecule has 1 N–H and O–H groups in total. The van der Waals surface area contributed by atoms with Gasteiger partial charge in [0.15, 0.2) is 0 Å². The first-order valence-electron chi connectivity index (χ1n) is 15.1. The SMILES string of the molecule is C=C1[C@H]([C@@H](C)[C@H]2CC=C(C)C(=O)O2)CC[C@@]2(C)[C@@H]3C[C@@H](OC(C)=O)[C@H]4C(C)(C)OC(=O)C[C@@H]5OO[C@]3(C[C@@H]12)C[C@]54O. The summed E-state index contributed by atoms with van der Waals surface area (Å²) >= 11 is 0. The van der Waals surface area contributed by atoms with Gasteiger partial charge in [-0.05, 0) is 69.6 Å². The van der Waals surface area contributed by atoms with Crippen LogP contribution in [0.5, 0.6) is 0 Å². The standard InChI is InChI=1S/C32H44O9/c1-16-8-9-22(38-28(16)35)18(3)20-10-11-30(7)21(17(20)2)14-31-15-32(36)25(40-41-31)13-26(34)39-29(5,6)27(32)23(12-24(30)31)37-19(4)33/h8,18,20-25,27,36H,2,9-15H2,1,3-7H3/t18-,20-,21+,22-,23-,24+,25+,27+,30-,31-,32+/m1/s1. The molecule has 9 heteroatoms. The van der Waals surface area contributed by atoms with Gasteiger partial charge < -0.3 is 19.3 Å². The van der Waals surface area contributed by atoms with Gasteiger partial charge >= 0.3 is 17.9 Å². The molecule has 0 aromatic rings. The van der Waals surface area contributed by atoms with Crippen molar-refractivity contribution in [3.63, 3.8) is 0 Å². The summed E-state index contributed by atoms with van der Waals surface area (Å²) in [7, 11) is 0.